The molecule has 1 saturated carbocycles. The number of aromatic nitrogens is 2. The molecule has 22 heavy (non-hydrogen) atoms. The van der Waals surface area contributed by atoms with Gasteiger partial charge in [-0.15, -0.1) is 0 Å². The monoisotopic (exact) mass is 306 g/mol. The highest BCUT2D eigenvalue weighted by molar-refractivity contribution is 5.89. The highest BCUT2D eigenvalue weighted by atomic mass is 16.5. The molecular weight excluding hydrogens is 280 g/mol. The number of nitrogens with zero attached hydrogens (tertiary/aromatic N) is 2. The molecule has 2 heterocycles. The van der Waals surface area contributed by atoms with Crippen molar-refractivity contribution in [3.05, 3.63) is 18.2 Å². The van der Waals surface area contributed by atoms with E-state index in [0.717, 1.165) is 25.3 Å². The van der Waals surface area contributed by atoms with E-state index >= 15 is 0 Å². The van der Waals surface area contributed by atoms with E-state index in [9.17, 15) is 4.79 Å². The normalized spacial score (nSPS) is 32.9. The van der Waals surface area contributed by atoms with Gasteiger partial charge in [-0.05, 0) is 19.8 Å². The van der Waals surface area contributed by atoms with Gasteiger partial charge in [-0.25, -0.2) is 4.98 Å². The van der Waals surface area contributed by atoms with Crippen molar-refractivity contribution in [2.45, 2.75) is 51.8 Å². The number of carbonyl (C=O) groups is 1. The molecule has 2 fully saturated rings. The maximum absolute atomic E-state index is 12.7. The van der Waals surface area contributed by atoms with Gasteiger partial charge in [0.15, 0.2) is 0 Å². The average molecular weight is 306 g/mol. The Hall–Kier alpha value is -1.40. The van der Waals surface area contributed by atoms with Crippen LogP contribution in [0.4, 0.5) is 0 Å². The lowest BCUT2D eigenvalue weighted by atomic mass is 9.46. The van der Waals surface area contributed by atoms with Gasteiger partial charge in [-0.2, -0.15) is 0 Å². The van der Waals surface area contributed by atoms with Crippen molar-refractivity contribution >= 4 is 5.91 Å². The number of fused-ring (bicyclic) bond motifs is 1. The minimum absolute atomic E-state index is 0.0537. The molecule has 3 unspecified atom stereocenters. The van der Waals surface area contributed by atoms with Crippen LogP contribution in [0.1, 0.15) is 32.5 Å². The third-order valence-electron chi connectivity index (χ3n) is 5.62. The number of ether oxygens (including phenoxy) is 1. The van der Waals surface area contributed by atoms with Crippen LogP contribution >= 0.6 is 0 Å². The molecule has 122 valence electrons. The zero-order valence-corrected chi connectivity index (χ0v) is 13.6. The fraction of sp³-hybridized carbons (Fsp3) is 0.750. The molecule has 0 radical (unpaired) electrons. The Bertz CT molecular complexity index is 568. The van der Waals surface area contributed by atoms with Gasteiger partial charge in [-0.1, -0.05) is 13.8 Å². The molecule has 1 aromatic heterocycles. The topological polar surface area (TPSA) is 82.2 Å². The Morgan fingerprint density at radius 2 is 2.36 bits per heavy atom. The molecule has 3 N–H and O–H groups in total. The molecule has 3 atom stereocenters. The molecular formula is C16H26N4O2. The first-order chi connectivity index (χ1) is 10.4. The van der Waals surface area contributed by atoms with Gasteiger partial charge in [0, 0.05) is 43.4 Å². The smallest absolute Gasteiger partial charge is 0.241 e. The van der Waals surface area contributed by atoms with E-state index in [1.54, 1.807) is 6.20 Å². The minimum Gasteiger partial charge on any atom is -0.377 e. The predicted molar refractivity (Wildman–Crippen MR) is 83.1 cm³/mol. The van der Waals surface area contributed by atoms with Crippen molar-refractivity contribution in [2.24, 2.45) is 17.1 Å². The van der Waals surface area contributed by atoms with E-state index in [1.807, 2.05) is 31.5 Å². The largest absolute Gasteiger partial charge is 0.377 e. The molecule has 1 amide bonds. The van der Waals surface area contributed by atoms with Crippen LogP contribution < -0.4 is 11.1 Å². The van der Waals surface area contributed by atoms with Gasteiger partial charge in [0.05, 0.1) is 6.10 Å². The van der Waals surface area contributed by atoms with Gasteiger partial charge >= 0.3 is 0 Å². The molecule has 1 aliphatic heterocycles. The molecule has 2 aliphatic rings. The van der Waals surface area contributed by atoms with E-state index in [4.69, 9.17) is 10.5 Å². The molecule has 3 rings (SSSR count). The molecule has 0 aromatic carbocycles. The van der Waals surface area contributed by atoms with Crippen molar-refractivity contribution in [3.63, 3.8) is 0 Å². The quantitative estimate of drug-likeness (QED) is 0.863. The minimum atomic E-state index is -0.831. The number of hydrogen-bond donors (Lipinski definition) is 2. The van der Waals surface area contributed by atoms with Gasteiger partial charge in [0.2, 0.25) is 5.91 Å². The predicted octanol–water partition coefficient (Wildman–Crippen LogP) is 0.840. The summed E-state index contributed by atoms with van der Waals surface area (Å²) in [7, 11) is 0. The number of amides is 1. The van der Waals surface area contributed by atoms with Crippen molar-refractivity contribution < 1.29 is 9.53 Å². The summed E-state index contributed by atoms with van der Waals surface area (Å²) in [6.07, 6.45) is 5.74. The molecule has 1 aliphatic carbocycles. The molecule has 6 nitrogen and oxygen atoms in total. The van der Waals surface area contributed by atoms with Gasteiger partial charge < -0.3 is 20.4 Å². The first kappa shape index (κ1) is 15.5. The van der Waals surface area contributed by atoms with Crippen molar-refractivity contribution in [1.29, 1.82) is 0 Å². The Morgan fingerprint density at radius 3 is 3.05 bits per heavy atom. The maximum atomic E-state index is 12.7. The molecule has 1 aromatic rings. The average Bonchev–Trinajstić information content (AvgIpc) is 2.91. The fourth-order valence-corrected chi connectivity index (χ4v) is 4.11. The molecule has 0 bridgehead atoms. The summed E-state index contributed by atoms with van der Waals surface area (Å²) >= 11 is 0. The van der Waals surface area contributed by atoms with Crippen LogP contribution in [0, 0.1) is 18.3 Å². The van der Waals surface area contributed by atoms with Crippen molar-refractivity contribution in [2.75, 3.05) is 13.2 Å². The van der Waals surface area contributed by atoms with Crippen LogP contribution in [0.25, 0.3) is 0 Å². The number of rotatable bonds is 4. The van der Waals surface area contributed by atoms with Gasteiger partial charge in [-0.3, -0.25) is 4.79 Å². The summed E-state index contributed by atoms with van der Waals surface area (Å²) < 4.78 is 7.86. The van der Waals surface area contributed by atoms with E-state index in [-0.39, 0.29) is 23.3 Å². The van der Waals surface area contributed by atoms with Crippen LogP contribution in [0.15, 0.2) is 12.4 Å². The Labute approximate surface area is 131 Å². The number of nitrogens with one attached hydrogen (secondary N) is 1. The van der Waals surface area contributed by atoms with Gasteiger partial charge in [0.25, 0.3) is 0 Å². The fourth-order valence-electron chi connectivity index (χ4n) is 4.11. The highest BCUT2D eigenvalue weighted by Crippen LogP contribution is 2.57. The highest BCUT2D eigenvalue weighted by Gasteiger charge is 2.70. The number of carbonyl (C=O) groups excluding carboxylic acids is 1. The summed E-state index contributed by atoms with van der Waals surface area (Å²) in [4.78, 5) is 16.9. The van der Waals surface area contributed by atoms with E-state index in [2.05, 4.69) is 10.3 Å². The lowest BCUT2D eigenvalue weighted by molar-refractivity contribution is -0.225. The lowest BCUT2D eigenvalue weighted by Gasteiger charge is -2.65. The molecule has 1 saturated heterocycles. The number of hydrogen-bond acceptors (Lipinski definition) is 4. The SMILES string of the molecule is Cc1nccn1CCNC(=O)C1(N)C2CCCOC2C1(C)C. The van der Waals surface area contributed by atoms with Gasteiger partial charge in [0.1, 0.15) is 11.4 Å². The maximum Gasteiger partial charge on any atom is 0.241 e. The summed E-state index contributed by atoms with van der Waals surface area (Å²) in [6, 6.07) is 0. The third-order valence-corrected chi connectivity index (χ3v) is 5.62. The zero-order valence-electron chi connectivity index (χ0n) is 13.6. The first-order valence-corrected chi connectivity index (χ1v) is 8.05. The summed E-state index contributed by atoms with van der Waals surface area (Å²) in [6.45, 7) is 8.08. The Morgan fingerprint density at radius 1 is 1.59 bits per heavy atom. The lowest BCUT2D eigenvalue weighted by Crippen LogP contribution is -2.82. The number of nitrogens with two attached hydrogens (primary N) is 1. The summed E-state index contributed by atoms with van der Waals surface area (Å²) in [5, 5.41) is 3.01. The van der Waals surface area contributed by atoms with Crippen LogP contribution in [-0.4, -0.2) is 40.3 Å². The first-order valence-electron chi connectivity index (χ1n) is 8.05. The second-order valence-electron chi connectivity index (χ2n) is 7.05. The van der Waals surface area contributed by atoms with Crippen LogP contribution in [0.2, 0.25) is 0 Å². The standard InChI is InChI=1S/C16H26N4O2/c1-11-18-6-8-20(11)9-7-19-14(21)16(17)12-5-4-10-22-13(12)15(16,2)3/h6,8,12-13H,4-5,7,9-10,17H2,1-3H3,(H,19,21). The summed E-state index contributed by atoms with van der Waals surface area (Å²) in [5.41, 5.74) is 5.40. The zero-order chi connectivity index (χ0) is 16.0. The van der Waals surface area contributed by atoms with E-state index in [1.165, 1.54) is 0 Å². The third kappa shape index (κ3) is 2.08. The van der Waals surface area contributed by atoms with Crippen LogP contribution in [0.5, 0.6) is 0 Å². The number of imidazole rings is 1. The van der Waals surface area contributed by atoms with Crippen LogP contribution in [-0.2, 0) is 16.1 Å². The number of aryl methyl sites for hydroxylation is 1. The van der Waals surface area contributed by atoms with Crippen LogP contribution in [0.3, 0.4) is 0 Å². The van der Waals surface area contributed by atoms with E-state index < -0.39 is 5.54 Å². The Balaban J connectivity index is 1.62. The Kier molecular flexibility index (Phi) is 3.77. The second kappa shape index (κ2) is 5.35. The van der Waals surface area contributed by atoms with Crippen molar-refractivity contribution in [3.8, 4) is 0 Å². The van der Waals surface area contributed by atoms with E-state index in [0.29, 0.717) is 13.1 Å². The molecule has 0 spiro atoms. The van der Waals surface area contributed by atoms with Crippen molar-refractivity contribution in [1.82, 2.24) is 14.9 Å². The summed E-state index contributed by atoms with van der Waals surface area (Å²) in [5.74, 6) is 1.02. The second-order valence-corrected chi connectivity index (χ2v) is 7.05. The molecule has 6 heteroatoms.